The van der Waals surface area contributed by atoms with Gasteiger partial charge in [-0.15, -0.1) is 0 Å². The van der Waals surface area contributed by atoms with Crippen LogP contribution in [0, 0.1) is 0 Å². The first kappa shape index (κ1) is 13.6. The summed E-state index contributed by atoms with van der Waals surface area (Å²) in [6.45, 7) is 2.79. The third-order valence-corrected chi connectivity index (χ3v) is 2.80. The maximum Gasteiger partial charge on any atom is 0.455 e. The van der Waals surface area contributed by atoms with Crippen LogP contribution in [0.1, 0.15) is 37.5 Å². The molecule has 2 heterocycles. The molecule has 0 spiro atoms. The predicted molar refractivity (Wildman–Crippen MR) is 57.1 cm³/mol. The fraction of sp³-hybridized carbons (Fsp3) is 0.700. The topological polar surface area (TPSA) is 71.3 Å². The Balaban J connectivity index is 1.97. The summed E-state index contributed by atoms with van der Waals surface area (Å²) in [7, 11) is 0. The largest absolute Gasteiger partial charge is 0.455 e. The van der Waals surface area contributed by atoms with Gasteiger partial charge in [0, 0.05) is 13.1 Å². The molecule has 2 rings (SSSR count). The number of halogens is 3. The normalized spacial score (nSPS) is 17.6. The Labute approximate surface area is 106 Å². The highest BCUT2D eigenvalue weighted by atomic mass is 19.4. The summed E-state index contributed by atoms with van der Waals surface area (Å²) in [5.41, 5.74) is 0. The fourth-order valence-corrected chi connectivity index (χ4v) is 1.78. The molecule has 0 aromatic carbocycles. The number of urea groups is 1. The lowest BCUT2D eigenvalue weighted by atomic mass is 10.3. The average molecular weight is 278 g/mol. The van der Waals surface area contributed by atoms with E-state index in [0.29, 0.717) is 13.1 Å². The van der Waals surface area contributed by atoms with Crippen molar-refractivity contribution in [1.82, 2.24) is 20.4 Å². The summed E-state index contributed by atoms with van der Waals surface area (Å²) < 4.78 is 41.4. The Kier molecular flexibility index (Phi) is 3.63. The van der Waals surface area contributed by atoms with Gasteiger partial charge >= 0.3 is 12.2 Å². The van der Waals surface area contributed by atoms with Crippen molar-refractivity contribution >= 4 is 6.03 Å². The lowest BCUT2D eigenvalue weighted by Crippen LogP contribution is -2.39. The number of likely N-dealkylation sites (tertiary alicyclic amines) is 1. The minimum Gasteiger partial charge on any atom is -0.337 e. The Bertz CT molecular complexity index is 454. The van der Waals surface area contributed by atoms with Crippen molar-refractivity contribution in [3.8, 4) is 0 Å². The third-order valence-electron chi connectivity index (χ3n) is 2.80. The second kappa shape index (κ2) is 5.06. The summed E-state index contributed by atoms with van der Waals surface area (Å²) in [6.07, 6.45) is -2.79. The number of alkyl halides is 3. The molecular weight excluding hydrogens is 265 g/mol. The lowest BCUT2D eigenvalue weighted by Gasteiger charge is -2.18. The van der Waals surface area contributed by atoms with Crippen molar-refractivity contribution in [2.45, 2.75) is 32.0 Å². The summed E-state index contributed by atoms with van der Waals surface area (Å²) in [5.74, 6) is -1.61. The molecule has 1 aromatic heterocycles. The Morgan fingerprint density at radius 3 is 2.58 bits per heavy atom. The molecule has 1 aliphatic rings. The van der Waals surface area contributed by atoms with Crippen LogP contribution in [-0.4, -0.2) is 34.2 Å². The van der Waals surface area contributed by atoms with E-state index in [0.717, 1.165) is 12.8 Å². The van der Waals surface area contributed by atoms with E-state index in [1.165, 1.54) is 6.92 Å². The molecule has 1 atom stereocenters. The highest BCUT2D eigenvalue weighted by Gasteiger charge is 2.38. The van der Waals surface area contributed by atoms with Crippen LogP contribution in [-0.2, 0) is 6.18 Å². The number of nitrogens with zero attached hydrogens (tertiary/aromatic N) is 3. The maximum atomic E-state index is 12.3. The second-order valence-corrected chi connectivity index (χ2v) is 4.32. The van der Waals surface area contributed by atoms with Crippen LogP contribution >= 0.6 is 0 Å². The van der Waals surface area contributed by atoms with Crippen LogP contribution in [0.15, 0.2) is 4.52 Å². The monoisotopic (exact) mass is 278 g/mol. The number of hydrogen-bond donors (Lipinski definition) is 1. The van der Waals surface area contributed by atoms with Gasteiger partial charge in [-0.25, -0.2) is 4.79 Å². The van der Waals surface area contributed by atoms with Crippen molar-refractivity contribution in [3.63, 3.8) is 0 Å². The van der Waals surface area contributed by atoms with Gasteiger partial charge in [-0.3, -0.25) is 0 Å². The highest BCUT2D eigenvalue weighted by Crippen LogP contribution is 2.27. The molecule has 19 heavy (non-hydrogen) atoms. The van der Waals surface area contributed by atoms with Crippen molar-refractivity contribution in [1.29, 1.82) is 0 Å². The number of aromatic nitrogens is 2. The van der Waals surface area contributed by atoms with Gasteiger partial charge in [0.15, 0.2) is 0 Å². The van der Waals surface area contributed by atoms with Crippen LogP contribution in [0.4, 0.5) is 18.0 Å². The van der Waals surface area contributed by atoms with E-state index in [1.54, 1.807) is 4.90 Å². The van der Waals surface area contributed by atoms with Gasteiger partial charge in [0.1, 0.15) is 6.04 Å². The summed E-state index contributed by atoms with van der Waals surface area (Å²) in [4.78, 5) is 16.6. The molecule has 1 saturated heterocycles. The van der Waals surface area contributed by atoms with Crippen LogP contribution < -0.4 is 5.32 Å². The Hall–Kier alpha value is -1.80. The summed E-state index contributed by atoms with van der Waals surface area (Å²) >= 11 is 0. The first-order chi connectivity index (χ1) is 8.88. The first-order valence-corrected chi connectivity index (χ1v) is 5.84. The van der Waals surface area contributed by atoms with E-state index >= 15 is 0 Å². The Morgan fingerprint density at radius 1 is 1.42 bits per heavy atom. The molecule has 6 nitrogen and oxygen atoms in total. The SMILES string of the molecule is CC(NC(=O)N1CCCC1)c1nc(C(F)(F)F)no1. The maximum absolute atomic E-state index is 12.3. The van der Waals surface area contributed by atoms with Crippen LogP contribution in [0.5, 0.6) is 0 Å². The molecule has 0 bridgehead atoms. The fourth-order valence-electron chi connectivity index (χ4n) is 1.78. The van der Waals surface area contributed by atoms with Crippen molar-refractivity contribution < 1.29 is 22.5 Å². The predicted octanol–water partition coefficient (Wildman–Crippen LogP) is 1.95. The van der Waals surface area contributed by atoms with Crippen LogP contribution in [0.2, 0.25) is 0 Å². The van der Waals surface area contributed by atoms with Gasteiger partial charge in [-0.05, 0) is 19.8 Å². The van der Waals surface area contributed by atoms with Crippen LogP contribution in [0.25, 0.3) is 0 Å². The molecule has 0 aliphatic carbocycles. The molecular formula is C10H13F3N4O2. The molecule has 0 saturated carbocycles. The van der Waals surface area contributed by atoms with Crippen molar-refractivity contribution in [2.24, 2.45) is 0 Å². The standard InChI is InChI=1S/C10H13F3N4O2/c1-6(14-9(18)17-4-2-3-5-17)7-15-8(16-19-7)10(11,12)13/h6H,2-5H2,1H3,(H,14,18). The van der Waals surface area contributed by atoms with E-state index in [-0.39, 0.29) is 11.9 Å². The van der Waals surface area contributed by atoms with Gasteiger partial charge < -0.3 is 14.7 Å². The first-order valence-electron chi connectivity index (χ1n) is 5.84. The number of nitrogens with one attached hydrogen (secondary N) is 1. The Morgan fingerprint density at radius 2 is 2.05 bits per heavy atom. The third kappa shape index (κ3) is 3.15. The van der Waals surface area contributed by atoms with Crippen LogP contribution in [0.3, 0.4) is 0 Å². The van der Waals surface area contributed by atoms with E-state index < -0.39 is 18.0 Å². The van der Waals surface area contributed by atoms with Gasteiger partial charge in [0.2, 0.25) is 5.89 Å². The zero-order valence-electron chi connectivity index (χ0n) is 10.2. The smallest absolute Gasteiger partial charge is 0.337 e. The summed E-state index contributed by atoms with van der Waals surface area (Å²) in [5, 5.41) is 5.36. The zero-order valence-corrected chi connectivity index (χ0v) is 10.2. The molecule has 1 aliphatic heterocycles. The summed E-state index contributed by atoms with van der Waals surface area (Å²) in [6, 6.07) is -1.10. The number of rotatable bonds is 2. The number of hydrogen-bond acceptors (Lipinski definition) is 4. The van der Waals surface area contributed by atoms with Gasteiger partial charge in [0.05, 0.1) is 0 Å². The molecule has 1 aromatic rings. The minimum atomic E-state index is -4.65. The quantitative estimate of drug-likeness (QED) is 0.897. The number of carbonyl (C=O) groups excluding carboxylic acids is 1. The molecule has 106 valence electrons. The van der Waals surface area contributed by atoms with E-state index in [2.05, 4.69) is 20.0 Å². The van der Waals surface area contributed by atoms with Gasteiger partial charge in [-0.1, -0.05) is 5.16 Å². The molecule has 9 heteroatoms. The molecule has 1 fully saturated rings. The van der Waals surface area contributed by atoms with Crippen molar-refractivity contribution in [2.75, 3.05) is 13.1 Å². The van der Waals surface area contributed by atoms with E-state index in [4.69, 9.17) is 0 Å². The molecule has 1 N–H and O–H groups in total. The van der Waals surface area contributed by atoms with Gasteiger partial charge in [0.25, 0.3) is 5.82 Å². The second-order valence-electron chi connectivity index (χ2n) is 4.32. The molecule has 1 unspecified atom stereocenters. The number of amides is 2. The zero-order chi connectivity index (χ0) is 14.0. The molecule has 0 radical (unpaired) electrons. The van der Waals surface area contributed by atoms with E-state index in [9.17, 15) is 18.0 Å². The highest BCUT2D eigenvalue weighted by molar-refractivity contribution is 5.74. The average Bonchev–Trinajstić information content (AvgIpc) is 3.00. The minimum absolute atomic E-state index is 0.264. The van der Waals surface area contributed by atoms with Crippen molar-refractivity contribution in [3.05, 3.63) is 11.7 Å². The number of carbonyl (C=O) groups is 1. The van der Waals surface area contributed by atoms with E-state index in [1.807, 2.05) is 0 Å². The lowest BCUT2D eigenvalue weighted by molar-refractivity contribution is -0.146. The molecule has 2 amide bonds. The van der Waals surface area contributed by atoms with Gasteiger partial charge in [-0.2, -0.15) is 18.2 Å².